The van der Waals surface area contributed by atoms with Gasteiger partial charge in [0.25, 0.3) is 0 Å². The molecule has 227 valence electrons. The molecule has 0 spiro atoms. The maximum atomic E-state index is 9.87. The van der Waals surface area contributed by atoms with Crippen molar-refractivity contribution in [3.63, 3.8) is 0 Å². The summed E-state index contributed by atoms with van der Waals surface area (Å²) in [5.41, 5.74) is 10.6. The zero-order chi connectivity index (χ0) is 29.5. The summed E-state index contributed by atoms with van der Waals surface area (Å²) in [7, 11) is -10.7. The molecule has 2 aromatic rings. The molecule has 40 heavy (non-hydrogen) atoms. The summed E-state index contributed by atoms with van der Waals surface area (Å²) >= 11 is 0. The fourth-order valence-electron chi connectivity index (χ4n) is 5.01. The van der Waals surface area contributed by atoms with Gasteiger partial charge in [-0.15, -0.1) is 0 Å². The first kappa shape index (κ1) is 36.7. The van der Waals surface area contributed by atoms with E-state index in [1.807, 2.05) is 0 Å². The molecule has 1 saturated carbocycles. The van der Waals surface area contributed by atoms with Crippen molar-refractivity contribution < 1.29 is 44.7 Å². The van der Waals surface area contributed by atoms with Gasteiger partial charge in [0.2, 0.25) is 6.67 Å². The fraction of sp³-hybridized carbons (Fsp3) is 0.433. The van der Waals surface area contributed by atoms with E-state index in [1.54, 1.807) is 0 Å². The minimum Gasteiger partial charge on any atom is -0.0496 e. The Labute approximate surface area is 249 Å². The molecule has 2 aliphatic rings. The van der Waals surface area contributed by atoms with Gasteiger partial charge in [0.05, 0.1) is 0 Å². The largest absolute Gasteiger partial charge is 0.0496 e. The van der Waals surface area contributed by atoms with Gasteiger partial charge in [0, 0.05) is 43.9 Å². The van der Waals surface area contributed by atoms with Crippen molar-refractivity contribution in [2.75, 3.05) is 22.9 Å². The average molecular weight is 677 g/mol. The van der Waals surface area contributed by atoms with Gasteiger partial charge in [0.1, 0.15) is 0 Å². The molecule has 1 aliphatic carbocycles. The van der Waals surface area contributed by atoms with Crippen molar-refractivity contribution in [1.82, 2.24) is 0 Å². The van der Waals surface area contributed by atoms with Crippen LogP contribution in [-0.4, -0.2) is 13.1 Å². The third-order valence-corrected chi connectivity index (χ3v) is 6.15. The van der Waals surface area contributed by atoms with E-state index in [1.165, 1.54) is 70.4 Å². The predicted molar refractivity (Wildman–Crippen MR) is 153 cm³/mol. The Balaban J connectivity index is 0.000000411. The number of benzene rings is 2. The van der Waals surface area contributed by atoms with E-state index in [4.69, 9.17) is 0 Å². The van der Waals surface area contributed by atoms with Gasteiger partial charge < -0.3 is 9.80 Å². The van der Waals surface area contributed by atoms with Crippen LogP contribution in [-0.2, 0) is 19.5 Å². The molecule has 1 saturated heterocycles. The molecule has 0 N–H and O–H groups in total. The number of rotatable bonds is 2. The first-order chi connectivity index (χ1) is 17.8. The Morgan fingerprint density at radius 1 is 0.550 bits per heavy atom. The van der Waals surface area contributed by atoms with Crippen molar-refractivity contribution in [3.8, 4) is 0 Å². The molecule has 0 aromatic heterocycles. The molecule has 2 aromatic carbocycles. The van der Waals surface area contributed by atoms with Crippen LogP contribution in [0.1, 0.15) is 65.5 Å². The smallest absolute Gasteiger partial charge is 0 e. The van der Waals surface area contributed by atoms with Gasteiger partial charge in [-0.25, -0.2) is 0 Å². The first-order valence-corrected chi connectivity index (χ1v) is 15.2. The van der Waals surface area contributed by atoms with Crippen LogP contribution in [0.3, 0.4) is 0 Å². The Bertz CT molecular complexity index is 961. The fourth-order valence-corrected chi connectivity index (χ4v) is 5.01. The quantitative estimate of drug-likeness (QED) is 0.178. The van der Waals surface area contributed by atoms with Gasteiger partial charge in [-0.05, 0) is 122 Å². The Kier molecular flexibility index (Phi) is 13.1. The van der Waals surface area contributed by atoms with Crippen molar-refractivity contribution in [3.05, 3.63) is 90.0 Å². The molecule has 2 nitrogen and oxygen atoms in total. The first-order valence-electron chi connectivity index (χ1n) is 13.2. The number of aryl methyl sites for hydroxylation is 6. The molecule has 4 rings (SSSR count). The third-order valence-electron chi connectivity index (χ3n) is 6.15. The summed E-state index contributed by atoms with van der Waals surface area (Å²) < 4.78 is 59.2. The van der Waals surface area contributed by atoms with Crippen LogP contribution in [0.4, 0.5) is 36.6 Å². The van der Waals surface area contributed by atoms with E-state index in [9.17, 15) is 25.2 Å². The van der Waals surface area contributed by atoms with Crippen LogP contribution in [0, 0.1) is 73.9 Å². The van der Waals surface area contributed by atoms with Gasteiger partial charge in [-0.1, -0.05) is 35.4 Å². The molecule has 1 aliphatic heterocycles. The van der Waals surface area contributed by atoms with E-state index in [0.29, 0.717) is 0 Å². The van der Waals surface area contributed by atoms with Crippen molar-refractivity contribution >= 4 is 19.2 Å². The van der Waals surface area contributed by atoms with Crippen molar-refractivity contribution in [2.45, 2.75) is 73.6 Å². The molecule has 10 heteroatoms. The molecule has 0 amide bonds. The number of hydrogen-bond acceptors (Lipinski definition) is 2. The summed E-state index contributed by atoms with van der Waals surface area (Å²) in [4.78, 5) is 4.62. The minimum absolute atomic E-state index is 0. The second-order valence-electron chi connectivity index (χ2n) is 10.3. The van der Waals surface area contributed by atoms with E-state index >= 15 is 0 Å². The van der Waals surface area contributed by atoms with Crippen LogP contribution in [0.25, 0.3) is 0 Å². The standard InChI is InChI=1S/C22H28N2.C8H12.F6P.Rh/c1-15-10-17(3)21(18(4)11-15)23-8-7-9-24(14-23)22-19(5)12-16(2)13-20(22)6;1-2-4-6-8-7-5-3-1;1-7(2,3,4,5)6;/h10-13H,7-9H2,1-6H3;1-2,7-8H,3-6H2;;/q;;-1;. The van der Waals surface area contributed by atoms with Gasteiger partial charge in [0.15, 0.2) is 0 Å². The minimum atomic E-state index is -10.7. The van der Waals surface area contributed by atoms with Gasteiger partial charge >= 0.3 is 33.0 Å². The van der Waals surface area contributed by atoms with Crippen molar-refractivity contribution in [2.24, 2.45) is 0 Å². The van der Waals surface area contributed by atoms with Crippen LogP contribution in [0.5, 0.6) is 0 Å². The molecular formula is C30H40F6N2PRh-. The van der Waals surface area contributed by atoms with Crippen LogP contribution in [0.15, 0.2) is 24.3 Å². The monoisotopic (exact) mass is 676 g/mol. The molecule has 7 radical (unpaired) electrons. The Morgan fingerprint density at radius 2 is 0.800 bits per heavy atom. The third kappa shape index (κ3) is 14.5. The maximum Gasteiger partial charge on any atom is 0 e. The molecular weight excluding hydrogens is 636 g/mol. The van der Waals surface area contributed by atoms with Gasteiger partial charge in [-0.3, -0.25) is 0 Å². The maximum absolute atomic E-state index is 10.7. The summed E-state index contributed by atoms with van der Waals surface area (Å²) in [6.07, 6.45) is 15.1. The van der Waals surface area contributed by atoms with Crippen LogP contribution >= 0.6 is 7.81 Å². The summed E-state index contributed by atoms with van der Waals surface area (Å²) in [6, 6.07) is 9.08. The second kappa shape index (κ2) is 14.2. The number of hydrogen-bond donors (Lipinski definition) is 0. The van der Waals surface area contributed by atoms with Crippen LogP contribution < -0.4 is 9.80 Å². The van der Waals surface area contributed by atoms with Crippen LogP contribution in [0.2, 0.25) is 0 Å². The second-order valence-corrected chi connectivity index (χ2v) is 12.2. The van der Waals surface area contributed by atoms with E-state index in [-0.39, 0.29) is 19.5 Å². The summed E-state index contributed by atoms with van der Waals surface area (Å²) in [5, 5.41) is 0. The number of nitrogens with zero attached hydrogens (tertiary/aromatic N) is 2. The predicted octanol–water partition coefficient (Wildman–Crippen LogP) is 11.0. The average Bonchev–Trinajstić information content (AvgIpc) is 2.70. The Morgan fingerprint density at radius 3 is 1.05 bits per heavy atom. The van der Waals surface area contributed by atoms with Gasteiger partial charge in [-0.2, -0.15) is 0 Å². The summed E-state index contributed by atoms with van der Waals surface area (Å²) in [6.45, 7) is 18.9. The van der Waals surface area contributed by atoms with Crippen molar-refractivity contribution in [1.29, 1.82) is 0 Å². The zero-order valence-corrected chi connectivity index (χ0v) is 26.5. The normalized spacial score (nSPS) is 17.9. The zero-order valence-electron chi connectivity index (χ0n) is 24.0. The van der Waals surface area contributed by atoms with E-state index in [0.717, 1.165) is 19.5 Å². The molecule has 1 heterocycles. The molecule has 0 atom stereocenters. The molecule has 0 unspecified atom stereocenters. The number of anilines is 2. The number of halogens is 6. The SMILES string of the molecule is Cc1cc(C)c(N2[C]N(c3c(C)cc(C)cc3C)CCC2)c(C)c1.F[P-](F)(F)(F)(F)F.[CH]1[CH]CC[CH][CH]CC1.[Rh]. The molecule has 0 bridgehead atoms. The van der Waals surface area contributed by atoms with E-state index in [2.05, 4.69) is 108 Å². The topological polar surface area (TPSA) is 6.48 Å². The summed E-state index contributed by atoms with van der Waals surface area (Å²) in [5.74, 6) is 0. The molecule has 2 fully saturated rings. The Hall–Kier alpha value is -1.33. The van der Waals surface area contributed by atoms with E-state index < -0.39 is 7.81 Å².